The average molecular weight is 334 g/mol. The summed E-state index contributed by atoms with van der Waals surface area (Å²) in [6.07, 6.45) is 5.41. The Morgan fingerprint density at radius 3 is 2.60 bits per heavy atom. The van der Waals surface area contributed by atoms with Gasteiger partial charge in [-0.2, -0.15) is 0 Å². The van der Waals surface area contributed by atoms with Crippen molar-refractivity contribution in [1.82, 2.24) is 34.3 Å². The van der Waals surface area contributed by atoms with E-state index >= 15 is 0 Å². The first-order valence-corrected chi connectivity index (χ1v) is 6.77. The van der Waals surface area contributed by atoms with Gasteiger partial charge in [-0.3, -0.25) is 4.98 Å². The van der Waals surface area contributed by atoms with Gasteiger partial charge in [0.25, 0.3) is 0 Å². The minimum atomic E-state index is 0.554. The van der Waals surface area contributed by atoms with Crippen molar-refractivity contribution in [3.63, 3.8) is 0 Å². The fourth-order valence-corrected chi connectivity index (χ4v) is 2.26. The summed E-state index contributed by atoms with van der Waals surface area (Å²) >= 11 is 3.24. The van der Waals surface area contributed by atoms with Crippen molar-refractivity contribution in [3.05, 3.63) is 34.0 Å². The van der Waals surface area contributed by atoms with Gasteiger partial charge in [0.1, 0.15) is 0 Å². The molecule has 0 aliphatic rings. The standard InChI is InChI=1S/C12H12BrN7/c1-7-6-14-8(2)11-15-9(17-20(7)11)4-5-10-16-12(13)18-19(10)3/h4-6H,1-3H3/b5-4+. The Morgan fingerprint density at radius 1 is 1.15 bits per heavy atom. The van der Waals surface area contributed by atoms with Crippen molar-refractivity contribution >= 4 is 33.7 Å². The summed E-state index contributed by atoms with van der Waals surface area (Å²) in [5.41, 5.74) is 2.56. The number of aryl methyl sites for hydroxylation is 3. The van der Waals surface area contributed by atoms with Crippen LogP contribution < -0.4 is 0 Å². The van der Waals surface area contributed by atoms with E-state index in [9.17, 15) is 0 Å². The zero-order valence-electron chi connectivity index (χ0n) is 11.2. The zero-order valence-corrected chi connectivity index (χ0v) is 12.8. The minimum Gasteiger partial charge on any atom is -0.256 e. The van der Waals surface area contributed by atoms with Crippen LogP contribution in [-0.2, 0) is 7.05 Å². The largest absolute Gasteiger partial charge is 0.256 e. The average Bonchev–Trinajstić information content (AvgIpc) is 2.96. The van der Waals surface area contributed by atoms with Crippen LogP contribution in [0.1, 0.15) is 23.0 Å². The van der Waals surface area contributed by atoms with Gasteiger partial charge >= 0.3 is 0 Å². The Hall–Kier alpha value is -2.09. The molecule has 0 aromatic carbocycles. The number of hydrogen-bond acceptors (Lipinski definition) is 5. The number of halogens is 1. The summed E-state index contributed by atoms with van der Waals surface area (Å²) < 4.78 is 4.02. The number of rotatable bonds is 2. The molecule has 0 amide bonds. The summed E-state index contributed by atoms with van der Waals surface area (Å²) in [7, 11) is 1.83. The van der Waals surface area contributed by atoms with Gasteiger partial charge < -0.3 is 0 Å². The van der Waals surface area contributed by atoms with Gasteiger partial charge in [-0.25, -0.2) is 19.2 Å². The molecule has 0 N–H and O–H groups in total. The molecule has 102 valence electrons. The van der Waals surface area contributed by atoms with Crippen molar-refractivity contribution < 1.29 is 0 Å². The van der Waals surface area contributed by atoms with E-state index in [1.165, 1.54) is 0 Å². The minimum absolute atomic E-state index is 0.554. The number of nitrogens with zero attached hydrogens (tertiary/aromatic N) is 7. The molecule has 3 aromatic rings. The van der Waals surface area contributed by atoms with E-state index in [2.05, 4.69) is 41.1 Å². The number of aromatic nitrogens is 7. The highest BCUT2D eigenvalue weighted by Crippen LogP contribution is 2.11. The summed E-state index contributed by atoms with van der Waals surface area (Å²) in [5, 5.41) is 8.54. The molecule has 0 atom stereocenters. The first-order valence-electron chi connectivity index (χ1n) is 5.98. The van der Waals surface area contributed by atoms with Crippen molar-refractivity contribution in [2.45, 2.75) is 13.8 Å². The lowest BCUT2D eigenvalue weighted by molar-refractivity contribution is 0.751. The van der Waals surface area contributed by atoms with Crippen molar-refractivity contribution in [2.24, 2.45) is 7.05 Å². The Balaban J connectivity index is 2.01. The predicted molar refractivity (Wildman–Crippen MR) is 77.9 cm³/mol. The van der Waals surface area contributed by atoms with Gasteiger partial charge in [0.15, 0.2) is 17.3 Å². The van der Waals surface area contributed by atoms with Gasteiger partial charge in [-0.15, -0.1) is 10.2 Å². The fourth-order valence-electron chi connectivity index (χ4n) is 1.84. The molecule has 20 heavy (non-hydrogen) atoms. The van der Waals surface area contributed by atoms with Crippen LogP contribution in [0.5, 0.6) is 0 Å². The third-order valence-electron chi connectivity index (χ3n) is 2.88. The van der Waals surface area contributed by atoms with Gasteiger partial charge in [-0.1, -0.05) is 0 Å². The topological polar surface area (TPSA) is 73.8 Å². The summed E-state index contributed by atoms with van der Waals surface area (Å²) in [6.45, 7) is 3.86. The second-order valence-electron chi connectivity index (χ2n) is 4.39. The normalized spacial score (nSPS) is 11.8. The van der Waals surface area contributed by atoms with E-state index in [1.54, 1.807) is 15.4 Å². The smallest absolute Gasteiger partial charge is 0.217 e. The predicted octanol–water partition coefficient (Wildman–Crippen LogP) is 1.80. The molecule has 0 radical (unpaired) electrons. The molecular weight excluding hydrogens is 322 g/mol. The highest BCUT2D eigenvalue weighted by Gasteiger charge is 2.07. The highest BCUT2D eigenvalue weighted by atomic mass is 79.9. The Labute approximate surface area is 123 Å². The van der Waals surface area contributed by atoms with Gasteiger partial charge in [0, 0.05) is 13.2 Å². The lowest BCUT2D eigenvalue weighted by Crippen LogP contribution is -1.97. The SMILES string of the molecule is Cc1ncc(C)n2nc(/C=C/c3nc(Br)nn3C)nc12. The van der Waals surface area contributed by atoms with E-state index in [0.29, 0.717) is 10.6 Å². The zero-order chi connectivity index (χ0) is 14.3. The third kappa shape index (κ3) is 2.22. The van der Waals surface area contributed by atoms with Gasteiger partial charge in [0.05, 0.1) is 11.4 Å². The second-order valence-corrected chi connectivity index (χ2v) is 5.10. The molecule has 3 heterocycles. The first-order chi connectivity index (χ1) is 9.54. The Bertz CT molecular complexity index is 776. The van der Waals surface area contributed by atoms with Gasteiger partial charge in [-0.05, 0) is 41.9 Å². The van der Waals surface area contributed by atoms with Crippen LogP contribution in [0.3, 0.4) is 0 Å². The molecule has 3 rings (SSSR count). The molecule has 0 aliphatic carbocycles. The molecule has 0 bridgehead atoms. The van der Waals surface area contributed by atoms with E-state index in [4.69, 9.17) is 0 Å². The lowest BCUT2D eigenvalue weighted by atomic mass is 10.4. The number of fused-ring (bicyclic) bond motifs is 1. The molecule has 8 heteroatoms. The molecule has 0 aliphatic heterocycles. The van der Waals surface area contributed by atoms with Crippen LogP contribution in [0.15, 0.2) is 10.9 Å². The maximum absolute atomic E-state index is 4.46. The molecule has 0 saturated carbocycles. The van der Waals surface area contributed by atoms with Crippen LogP contribution in [0.25, 0.3) is 17.8 Å². The molecule has 3 aromatic heterocycles. The molecule has 0 spiro atoms. The monoisotopic (exact) mass is 333 g/mol. The molecular formula is C12H12BrN7. The highest BCUT2D eigenvalue weighted by molar-refractivity contribution is 9.10. The van der Waals surface area contributed by atoms with Crippen LogP contribution in [0, 0.1) is 13.8 Å². The summed E-state index contributed by atoms with van der Waals surface area (Å²) in [5.74, 6) is 1.34. The van der Waals surface area contributed by atoms with Crippen molar-refractivity contribution in [1.29, 1.82) is 0 Å². The quantitative estimate of drug-likeness (QED) is 0.714. The fraction of sp³-hybridized carbons (Fsp3) is 0.250. The molecule has 0 unspecified atom stereocenters. The second kappa shape index (κ2) is 4.78. The van der Waals surface area contributed by atoms with E-state index in [0.717, 1.165) is 22.9 Å². The van der Waals surface area contributed by atoms with E-state index < -0.39 is 0 Å². The summed E-state index contributed by atoms with van der Waals surface area (Å²) in [4.78, 5) is 13.0. The molecule has 0 saturated heterocycles. The van der Waals surface area contributed by atoms with Crippen molar-refractivity contribution in [2.75, 3.05) is 0 Å². The van der Waals surface area contributed by atoms with Gasteiger partial charge in [0.2, 0.25) is 4.73 Å². The van der Waals surface area contributed by atoms with E-state index in [-0.39, 0.29) is 0 Å². The Morgan fingerprint density at radius 2 is 1.95 bits per heavy atom. The van der Waals surface area contributed by atoms with Crippen LogP contribution in [0.2, 0.25) is 0 Å². The van der Waals surface area contributed by atoms with Crippen LogP contribution >= 0.6 is 15.9 Å². The van der Waals surface area contributed by atoms with E-state index in [1.807, 2.05) is 33.0 Å². The maximum Gasteiger partial charge on any atom is 0.217 e. The van der Waals surface area contributed by atoms with Crippen LogP contribution in [-0.4, -0.2) is 34.3 Å². The summed E-state index contributed by atoms with van der Waals surface area (Å²) in [6, 6.07) is 0. The molecule has 0 fully saturated rings. The van der Waals surface area contributed by atoms with Crippen LogP contribution in [0.4, 0.5) is 0 Å². The van der Waals surface area contributed by atoms with Crippen molar-refractivity contribution in [3.8, 4) is 0 Å². The maximum atomic E-state index is 4.46. The first kappa shape index (κ1) is 12.9. The molecule has 7 nitrogen and oxygen atoms in total. The Kier molecular flexibility index (Phi) is 3.09. The number of hydrogen-bond donors (Lipinski definition) is 0. The third-order valence-corrected chi connectivity index (χ3v) is 3.21. The lowest BCUT2D eigenvalue weighted by Gasteiger charge is -1.97.